The van der Waals surface area contributed by atoms with Gasteiger partial charge in [0.15, 0.2) is 6.10 Å². The fraction of sp³-hybridized carbons (Fsp3) is 0.651. The number of aliphatic hydroxyl groups excluding tert-OH is 2. The lowest BCUT2D eigenvalue weighted by Gasteiger charge is -2.45. The minimum Gasteiger partial charge on any atom is -0.481 e. The first-order valence-corrected chi connectivity index (χ1v) is 30.2. The number of aliphatic carboxylic acids is 1. The number of aliphatic hydroxyl groups is 3. The van der Waals surface area contributed by atoms with Crippen molar-refractivity contribution in [1.29, 1.82) is 0 Å². The third-order valence-corrected chi connectivity index (χ3v) is 17.0. The number of anilines is 1. The number of cyclic esters (lactones) is 1. The average molecular weight is 1190 g/mol. The maximum Gasteiger partial charge on any atom is 0.410 e. The number of unbranched alkanes of at least 4 members (excludes halogenated alkanes) is 2. The Morgan fingerprint density at radius 2 is 1.61 bits per heavy atom. The van der Waals surface area contributed by atoms with E-state index in [0.29, 0.717) is 93.5 Å². The molecule has 4 aliphatic rings. The molecule has 0 aromatic heterocycles. The summed E-state index contributed by atoms with van der Waals surface area (Å²) >= 11 is 0. The van der Waals surface area contributed by atoms with Crippen LogP contribution in [0.4, 0.5) is 10.5 Å². The predicted octanol–water partition coefficient (Wildman–Crippen LogP) is 5.63. The van der Waals surface area contributed by atoms with Gasteiger partial charge in [-0.15, -0.1) is 0 Å². The van der Waals surface area contributed by atoms with E-state index in [-0.39, 0.29) is 80.4 Å². The van der Waals surface area contributed by atoms with E-state index in [1.54, 1.807) is 76.0 Å². The average Bonchev–Trinajstić information content (AvgIpc) is 2.95. The molecular formula is C63H95N6O16+. The number of benzene rings is 1. The fourth-order valence-electron chi connectivity index (χ4n) is 11.2. The molecule has 22 nitrogen and oxygen atoms in total. The van der Waals surface area contributed by atoms with Crippen molar-refractivity contribution in [1.82, 2.24) is 20.4 Å². The van der Waals surface area contributed by atoms with Gasteiger partial charge in [0.2, 0.25) is 17.7 Å². The van der Waals surface area contributed by atoms with Crippen LogP contribution in [0.1, 0.15) is 139 Å². The number of quaternary nitrogens is 1. The maximum atomic E-state index is 14.2. The van der Waals surface area contributed by atoms with Crippen LogP contribution in [0.15, 0.2) is 72.4 Å². The Morgan fingerprint density at radius 1 is 0.941 bits per heavy atom. The van der Waals surface area contributed by atoms with Gasteiger partial charge in [0.25, 0.3) is 11.8 Å². The minimum absolute atomic E-state index is 0.0317. The van der Waals surface area contributed by atoms with Crippen LogP contribution in [0.25, 0.3) is 0 Å². The van der Waals surface area contributed by atoms with Gasteiger partial charge in [-0.25, -0.2) is 4.79 Å². The number of nitrogens with zero attached hydrogens (tertiary/aromatic N) is 3. The van der Waals surface area contributed by atoms with Crippen molar-refractivity contribution in [2.45, 2.75) is 199 Å². The first-order valence-electron chi connectivity index (χ1n) is 30.2. The van der Waals surface area contributed by atoms with Crippen LogP contribution in [-0.2, 0) is 59.1 Å². The molecule has 2 saturated heterocycles. The molecule has 1 aromatic rings. The number of piperazine rings is 1. The minimum atomic E-state index is -1.22. The highest BCUT2D eigenvalue weighted by Crippen LogP contribution is 2.38. The van der Waals surface area contributed by atoms with Gasteiger partial charge in [0.1, 0.15) is 30.3 Å². The summed E-state index contributed by atoms with van der Waals surface area (Å²) in [6.07, 6.45) is 10.1. The quantitative estimate of drug-likeness (QED) is 0.0102. The lowest BCUT2D eigenvalue weighted by molar-refractivity contribution is -0.944. The van der Waals surface area contributed by atoms with E-state index < -0.39 is 83.5 Å². The van der Waals surface area contributed by atoms with E-state index in [9.17, 15) is 58.8 Å². The van der Waals surface area contributed by atoms with Crippen molar-refractivity contribution in [3.05, 3.63) is 77.9 Å². The SMILES string of the molecule is CC[C@H](O)[C@@H](C)[C@H]1O[C@@H]1C[C@@](C)(O)/C=C/C=C(\C)[C@H]1OC(=O)C[C@H](O)CC[C@@](C)(OC)[C@@H](OC(=O)N2CC[N+](CCCC(=O)O)(Cc3ccc(NC(=O)[C@H](C)NC(=O)[C@@H](NC(=O)CCCCCN4C(=O)C=CC4=O)C(C)C)cc3)CC2)/C=C/[C@@H]1C. The molecule has 5 rings (SSSR count). The molecule has 0 bridgehead atoms. The zero-order valence-corrected chi connectivity index (χ0v) is 51.5. The summed E-state index contributed by atoms with van der Waals surface area (Å²) in [5, 5.41) is 50.5. The van der Waals surface area contributed by atoms with Gasteiger partial charge in [-0.05, 0) is 89.5 Å². The van der Waals surface area contributed by atoms with Crippen LogP contribution >= 0.6 is 0 Å². The number of imide groups is 1. The Balaban J connectivity index is 1.18. The summed E-state index contributed by atoms with van der Waals surface area (Å²) in [5.41, 5.74) is -0.289. The van der Waals surface area contributed by atoms with Gasteiger partial charge in [0.05, 0.1) is 75.6 Å². The molecule has 0 aliphatic carbocycles. The van der Waals surface area contributed by atoms with Gasteiger partial charge in [-0.1, -0.05) is 77.5 Å². The van der Waals surface area contributed by atoms with Crippen LogP contribution in [0, 0.1) is 17.8 Å². The Bertz CT molecular complexity index is 2570. The summed E-state index contributed by atoms with van der Waals surface area (Å²) < 4.78 is 24.6. The van der Waals surface area contributed by atoms with Crippen LogP contribution in [0.5, 0.6) is 0 Å². The standard InChI is InChI=1S/C63H94N6O16/c1-11-48(71)43(6)58-49(83-58)38-62(8,81)29-15-17-41(4)57-42(5)20-25-50(63(9,82-10)30-28-47(70)37-55(77)85-57)84-61(80)67-32-35-69(36-33-67,34-16-19-54(75)76)39-45-21-23-46(24-22-45)65-59(78)44(7)64-60(79)56(40(2)3)66-51(72)18-13-12-14-31-68-52(73)26-27-53(68)74/h15,17,20-27,29,40,42-44,47-50,56-58,70-71,81H,11-14,16,18-19,28,30-39H2,1-10H3,(H3-,64,65,66,72,75,76,78,79)/p+1/b25-20+,29-15+,41-17+/t42-,43+,44-,47+,48-,49+,50-,56-,57+,58+,62-,63+/m0/s1. The summed E-state index contributed by atoms with van der Waals surface area (Å²) in [6, 6.07) is 5.38. The zero-order valence-electron chi connectivity index (χ0n) is 51.5. The van der Waals surface area contributed by atoms with E-state index in [1.165, 1.54) is 19.3 Å². The Hall–Kier alpha value is -6.30. The number of carboxylic acids is 1. The molecule has 0 spiro atoms. The fourth-order valence-corrected chi connectivity index (χ4v) is 11.2. The van der Waals surface area contributed by atoms with E-state index in [2.05, 4.69) is 16.0 Å². The molecule has 7 N–H and O–H groups in total. The summed E-state index contributed by atoms with van der Waals surface area (Å²) in [6.45, 7) is 19.0. The number of rotatable bonds is 28. The van der Waals surface area contributed by atoms with Crippen molar-refractivity contribution < 1.29 is 82.2 Å². The van der Waals surface area contributed by atoms with E-state index in [1.807, 2.05) is 45.9 Å². The molecule has 2 fully saturated rings. The molecule has 0 unspecified atom stereocenters. The van der Waals surface area contributed by atoms with Crippen molar-refractivity contribution in [3.8, 4) is 0 Å². The summed E-state index contributed by atoms with van der Waals surface area (Å²) in [4.78, 5) is 105. The van der Waals surface area contributed by atoms with Crippen LogP contribution in [0.2, 0.25) is 0 Å². The molecule has 12 atom stereocenters. The monoisotopic (exact) mass is 1190 g/mol. The van der Waals surface area contributed by atoms with Crippen molar-refractivity contribution >= 4 is 53.3 Å². The first-order chi connectivity index (χ1) is 40.1. The summed E-state index contributed by atoms with van der Waals surface area (Å²) in [7, 11) is 1.50. The second-order valence-corrected chi connectivity index (χ2v) is 24.5. The molecule has 6 amide bonds. The van der Waals surface area contributed by atoms with E-state index >= 15 is 0 Å². The van der Waals surface area contributed by atoms with Gasteiger partial charge < -0.3 is 59.8 Å². The van der Waals surface area contributed by atoms with Crippen molar-refractivity contribution in [3.63, 3.8) is 0 Å². The Morgan fingerprint density at radius 3 is 2.24 bits per heavy atom. The second-order valence-electron chi connectivity index (χ2n) is 24.5. The zero-order chi connectivity index (χ0) is 62.8. The maximum absolute atomic E-state index is 14.2. The third-order valence-electron chi connectivity index (χ3n) is 17.0. The highest BCUT2D eigenvalue weighted by atomic mass is 16.6. The van der Waals surface area contributed by atoms with Crippen LogP contribution in [0.3, 0.4) is 0 Å². The third kappa shape index (κ3) is 21.3. The van der Waals surface area contributed by atoms with Gasteiger partial charge >= 0.3 is 18.0 Å². The number of nitrogens with one attached hydrogen (secondary N) is 3. The Kier molecular flexibility index (Phi) is 26.1. The van der Waals surface area contributed by atoms with E-state index in [4.69, 9.17) is 18.9 Å². The molecule has 4 heterocycles. The lowest BCUT2D eigenvalue weighted by atomic mass is 9.88. The molecule has 22 heteroatoms. The predicted molar refractivity (Wildman–Crippen MR) is 317 cm³/mol. The Labute approximate surface area is 501 Å². The van der Waals surface area contributed by atoms with Crippen LogP contribution < -0.4 is 16.0 Å². The number of hydrogen-bond acceptors (Lipinski definition) is 15. The molecule has 1 aromatic carbocycles. The smallest absolute Gasteiger partial charge is 0.410 e. The highest BCUT2D eigenvalue weighted by Gasteiger charge is 2.47. The van der Waals surface area contributed by atoms with Crippen LogP contribution in [-0.4, -0.2) is 189 Å². The number of allylic oxidation sites excluding steroid dienone is 2. The van der Waals surface area contributed by atoms with Gasteiger partial charge in [0, 0.05) is 68.2 Å². The number of carbonyl (C=O) groups excluding carboxylic acids is 7. The van der Waals surface area contributed by atoms with Gasteiger partial charge in [-0.2, -0.15) is 0 Å². The second kappa shape index (κ2) is 31.9. The normalized spacial score (nSPS) is 26.3. The number of hydrogen-bond donors (Lipinski definition) is 7. The number of epoxide rings is 1. The lowest BCUT2D eigenvalue weighted by Crippen LogP contribution is -2.60. The number of carbonyl (C=O) groups is 8. The number of methoxy groups -OCH3 is 1. The number of carboxylic acid groups (broad SMARTS) is 1. The van der Waals surface area contributed by atoms with Crippen molar-refractivity contribution in [2.24, 2.45) is 17.8 Å². The molecular weight excluding hydrogens is 1100 g/mol. The molecule has 0 saturated carbocycles. The largest absolute Gasteiger partial charge is 0.481 e. The molecule has 85 heavy (non-hydrogen) atoms. The molecule has 472 valence electrons. The molecule has 4 aliphatic heterocycles. The number of ether oxygens (including phenoxy) is 4. The summed E-state index contributed by atoms with van der Waals surface area (Å²) in [5.74, 6) is -4.32. The van der Waals surface area contributed by atoms with E-state index in [0.717, 1.165) is 10.5 Å². The molecule has 0 radical (unpaired) electrons. The van der Waals surface area contributed by atoms with Gasteiger partial charge in [-0.3, -0.25) is 43.4 Å². The highest BCUT2D eigenvalue weighted by molar-refractivity contribution is 6.12. The van der Waals surface area contributed by atoms with Crippen molar-refractivity contribution in [2.75, 3.05) is 51.7 Å². The number of esters is 1. The first kappa shape index (κ1) is 69.5. The topological polar surface area (TPSA) is 300 Å². The number of amides is 6.